The lowest BCUT2D eigenvalue weighted by Crippen LogP contribution is -2.34. The van der Waals surface area contributed by atoms with Crippen molar-refractivity contribution in [3.05, 3.63) is 29.8 Å². The maximum atomic E-state index is 5.53. The molecule has 1 aromatic rings. The van der Waals surface area contributed by atoms with Crippen molar-refractivity contribution in [3.63, 3.8) is 0 Å². The van der Waals surface area contributed by atoms with Crippen LogP contribution in [0.15, 0.2) is 29.2 Å². The van der Waals surface area contributed by atoms with Crippen molar-refractivity contribution in [2.45, 2.75) is 35.8 Å². The van der Waals surface area contributed by atoms with E-state index in [0.29, 0.717) is 5.41 Å². The van der Waals surface area contributed by atoms with E-state index in [-0.39, 0.29) is 0 Å². The van der Waals surface area contributed by atoms with Crippen molar-refractivity contribution >= 4 is 27.7 Å². The van der Waals surface area contributed by atoms with Gasteiger partial charge in [0.1, 0.15) is 0 Å². The molecule has 0 N–H and O–H groups in total. The van der Waals surface area contributed by atoms with Crippen LogP contribution in [0.2, 0.25) is 0 Å². The number of thioether (sulfide) groups is 1. The Morgan fingerprint density at radius 3 is 2.78 bits per heavy atom. The first-order chi connectivity index (χ1) is 8.81. The van der Waals surface area contributed by atoms with E-state index in [4.69, 9.17) is 4.74 Å². The maximum absolute atomic E-state index is 5.53. The van der Waals surface area contributed by atoms with Gasteiger partial charge in [-0.15, -0.1) is 11.8 Å². The first kappa shape index (κ1) is 13.0. The Bertz CT molecular complexity index is 390. The van der Waals surface area contributed by atoms with Gasteiger partial charge in [-0.2, -0.15) is 0 Å². The number of benzene rings is 1. The molecule has 1 nitrogen and oxygen atoms in total. The van der Waals surface area contributed by atoms with Crippen molar-refractivity contribution in [1.29, 1.82) is 0 Å². The van der Waals surface area contributed by atoms with Gasteiger partial charge in [0.15, 0.2) is 0 Å². The summed E-state index contributed by atoms with van der Waals surface area (Å²) in [5, 5.41) is 1.88. The highest BCUT2D eigenvalue weighted by Gasteiger charge is 2.36. The number of halogens is 1. The molecule has 3 heteroatoms. The average Bonchev–Trinajstić information content (AvgIpc) is 2.81. The molecule has 1 aromatic carbocycles. The summed E-state index contributed by atoms with van der Waals surface area (Å²) in [5.74, 6) is 0. The number of hydrogen-bond donors (Lipinski definition) is 0. The largest absolute Gasteiger partial charge is 0.381 e. The summed E-state index contributed by atoms with van der Waals surface area (Å²) in [7, 11) is 0. The number of rotatable bonds is 3. The zero-order valence-electron chi connectivity index (χ0n) is 10.5. The van der Waals surface area contributed by atoms with E-state index < -0.39 is 0 Å². The highest BCUT2D eigenvalue weighted by Crippen LogP contribution is 2.46. The highest BCUT2D eigenvalue weighted by atomic mass is 79.9. The third kappa shape index (κ3) is 2.63. The van der Waals surface area contributed by atoms with Gasteiger partial charge in [-0.25, -0.2) is 0 Å². The first-order valence-corrected chi connectivity index (χ1v) is 8.70. The summed E-state index contributed by atoms with van der Waals surface area (Å²) < 4.78 is 5.53. The molecule has 1 saturated heterocycles. The smallest absolute Gasteiger partial charge is 0.0471 e. The van der Waals surface area contributed by atoms with Gasteiger partial charge < -0.3 is 4.74 Å². The van der Waals surface area contributed by atoms with Gasteiger partial charge in [-0.1, -0.05) is 34.1 Å². The molecule has 0 aromatic heterocycles. The maximum Gasteiger partial charge on any atom is 0.0471 e. The molecule has 1 fully saturated rings. The molecule has 0 saturated carbocycles. The Morgan fingerprint density at radius 1 is 1.28 bits per heavy atom. The standard InChI is InChI=1S/C15H19BrOS/c16-11-15(5-7-17-8-6-15)10-13-9-12-3-1-2-4-14(12)18-13/h1-4,13H,5-11H2. The van der Waals surface area contributed by atoms with Crippen LogP contribution in [-0.4, -0.2) is 23.8 Å². The molecule has 18 heavy (non-hydrogen) atoms. The monoisotopic (exact) mass is 326 g/mol. The molecule has 0 radical (unpaired) electrons. The fourth-order valence-corrected chi connectivity index (χ4v) is 5.36. The third-order valence-electron chi connectivity index (χ3n) is 4.21. The fraction of sp³-hybridized carbons (Fsp3) is 0.600. The molecule has 0 amide bonds. The zero-order valence-corrected chi connectivity index (χ0v) is 12.9. The van der Waals surface area contributed by atoms with Crippen LogP contribution in [0.4, 0.5) is 0 Å². The minimum absolute atomic E-state index is 0.470. The van der Waals surface area contributed by atoms with Gasteiger partial charge in [0, 0.05) is 28.7 Å². The quantitative estimate of drug-likeness (QED) is 0.766. The summed E-state index contributed by atoms with van der Waals surface area (Å²) in [6.45, 7) is 1.88. The summed E-state index contributed by atoms with van der Waals surface area (Å²) in [4.78, 5) is 1.50. The normalized spacial score (nSPS) is 25.9. The highest BCUT2D eigenvalue weighted by molar-refractivity contribution is 9.09. The summed E-state index contributed by atoms with van der Waals surface area (Å²) in [6.07, 6.45) is 4.99. The Morgan fingerprint density at radius 2 is 2.06 bits per heavy atom. The fourth-order valence-electron chi connectivity index (χ4n) is 3.05. The van der Waals surface area contributed by atoms with Crippen LogP contribution in [-0.2, 0) is 11.2 Å². The van der Waals surface area contributed by atoms with Crippen LogP contribution in [0.25, 0.3) is 0 Å². The minimum Gasteiger partial charge on any atom is -0.381 e. The third-order valence-corrected chi connectivity index (χ3v) is 6.72. The van der Waals surface area contributed by atoms with Crippen molar-refractivity contribution < 1.29 is 4.74 Å². The van der Waals surface area contributed by atoms with Gasteiger partial charge in [0.05, 0.1) is 0 Å². The summed E-state index contributed by atoms with van der Waals surface area (Å²) in [6, 6.07) is 8.87. The minimum atomic E-state index is 0.470. The number of hydrogen-bond acceptors (Lipinski definition) is 2. The molecule has 0 aliphatic carbocycles. The van der Waals surface area contributed by atoms with Crippen molar-refractivity contribution in [2.24, 2.45) is 5.41 Å². The predicted molar refractivity (Wildman–Crippen MR) is 80.7 cm³/mol. The topological polar surface area (TPSA) is 9.23 Å². The Kier molecular flexibility index (Phi) is 4.02. The first-order valence-electron chi connectivity index (χ1n) is 6.70. The van der Waals surface area contributed by atoms with E-state index in [2.05, 4.69) is 52.0 Å². The number of alkyl halides is 1. The van der Waals surface area contributed by atoms with Crippen LogP contribution >= 0.6 is 27.7 Å². The van der Waals surface area contributed by atoms with Gasteiger partial charge >= 0.3 is 0 Å². The predicted octanol–water partition coefficient (Wildman–Crippen LogP) is 4.29. The van der Waals surface area contributed by atoms with Gasteiger partial charge in [0.2, 0.25) is 0 Å². The van der Waals surface area contributed by atoms with Crippen LogP contribution in [0.5, 0.6) is 0 Å². The van der Waals surface area contributed by atoms with E-state index in [0.717, 1.165) is 23.8 Å². The number of ether oxygens (including phenoxy) is 1. The van der Waals surface area contributed by atoms with Crippen molar-refractivity contribution in [2.75, 3.05) is 18.5 Å². The lowest BCUT2D eigenvalue weighted by molar-refractivity contribution is 0.0228. The van der Waals surface area contributed by atoms with E-state index in [9.17, 15) is 0 Å². The number of fused-ring (bicyclic) bond motifs is 1. The van der Waals surface area contributed by atoms with E-state index >= 15 is 0 Å². The summed E-state index contributed by atoms with van der Waals surface area (Å²) in [5.41, 5.74) is 2.02. The van der Waals surface area contributed by atoms with Crippen LogP contribution < -0.4 is 0 Å². The lowest BCUT2D eigenvalue weighted by atomic mass is 9.77. The van der Waals surface area contributed by atoms with Gasteiger partial charge in [0.25, 0.3) is 0 Å². The SMILES string of the molecule is BrCC1(CC2Cc3ccccc3S2)CCOCC1. The Balaban J connectivity index is 1.67. The van der Waals surface area contributed by atoms with Crippen molar-refractivity contribution in [1.82, 2.24) is 0 Å². The van der Waals surface area contributed by atoms with E-state index in [1.54, 1.807) is 5.56 Å². The second-order valence-electron chi connectivity index (χ2n) is 5.50. The molecule has 1 unspecified atom stereocenters. The molecule has 98 valence electrons. The zero-order chi connectivity index (χ0) is 12.4. The second kappa shape index (κ2) is 5.56. The van der Waals surface area contributed by atoms with Gasteiger partial charge in [-0.05, 0) is 42.7 Å². The van der Waals surface area contributed by atoms with Crippen LogP contribution in [0, 0.1) is 5.41 Å². The Labute approximate surface area is 122 Å². The molecule has 2 aliphatic heterocycles. The van der Waals surface area contributed by atoms with Gasteiger partial charge in [-0.3, -0.25) is 0 Å². The van der Waals surface area contributed by atoms with Crippen LogP contribution in [0.1, 0.15) is 24.8 Å². The molecular formula is C15H19BrOS. The molecule has 0 bridgehead atoms. The molecular weight excluding hydrogens is 308 g/mol. The van der Waals surface area contributed by atoms with E-state index in [1.165, 1.54) is 30.6 Å². The lowest BCUT2D eigenvalue weighted by Gasteiger charge is -2.37. The second-order valence-corrected chi connectivity index (χ2v) is 7.40. The van der Waals surface area contributed by atoms with Crippen molar-refractivity contribution in [3.8, 4) is 0 Å². The van der Waals surface area contributed by atoms with E-state index in [1.807, 2.05) is 0 Å². The summed E-state index contributed by atoms with van der Waals surface area (Å²) >= 11 is 5.83. The molecule has 2 aliphatic rings. The average molecular weight is 327 g/mol. The molecule has 1 atom stereocenters. The Hall–Kier alpha value is 0.01000. The molecule has 2 heterocycles. The van der Waals surface area contributed by atoms with Crippen LogP contribution in [0.3, 0.4) is 0 Å². The molecule has 3 rings (SSSR count). The molecule has 0 spiro atoms.